The Morgan fingerprint density at radius 2 is 2.05 bits per heavy atom. The van der Waals surface area contributed by atoms with Crippen LogP contribution in [-0.2, 0) is 0 Å². The Labute approximate surface area is 128 Å². The van der Waals surface area contributed by atoms with E-state index < -0.39 is 0 Å². The van der Waals surface area contributed by atoms with Crippen LogP contribution in [0.15, 0.2) is 53.8 Å². The van der Waals surface area contributed by atoms with Gasteiger partial charge in [0.05, 0.1) is 0 Å². The molecule has 0 spiro atoms. The van der Waals surface area contributed by atoms with Gasteiger partial charge in [0.1, 0.15) is 5.82 Å². The second-order valence-electron chi connectivity index (χ2n) is 5.25. The van der Waals surface area contributed by atoms with Gasteiger partial charge in [0, 0.05) is 29.1 Å². The second kappa shape index (κ2) is 6.47. The summed E-state index contributed by atoms with van der Waals surface area (Å²) in [5.41, 5.74) is 4.87. The molecule has 0 radical (unpaired) electrons. The predicted octanol–water partition coefficient (Wildman–Crippen LogP) is 3.27. The number of aromatic nitrogens is 1. The highest BCUT2D eigenvalue weighted by Crippen LogP contribution is 2.30. The molecule has 5 heteroatoms. The van der Waals surface area contributed by atoms with Crippen LogP contribution in [0.2, 0.25) is 0 Å². The Hall–Kier alpha value is -2.56. The fourth-order valence-corrected chi connectivity index (χ4v) is 2.65. The van der Waals surface area contributed by atoms with Gasteiger partial charge in [-0.3, -0.25) is 9.78 Å². The number of benzene rings is 1. The van der Waals surface area contributed by atoms with Crippen LogP contribution >= 0.6 is 0 Å². The number of pyridine rings is 1. The third-order valence-corrected chi connectivity index (χ3v) is 3.78. The number of amides is 1. The number of carbonyl (C=O) groups is 1. The van der Waals surface area contributed by atoms with E-state index in [9.17, 15) is 9.18 Å². The molecule has 1 atom stereocenters. The first-order valence-corrected chi connectivity index (χ1v) is 7.27. The molecule has 1 unspecified atom stereocenters. The molecule has 22 heavy (non-hydrogen) atoms. The fraction of sp³-hybridized carbons (Fsp3) is 0.235. The summed E-state index contributed by atoms with van der Waals surface area (Å²) in [4.78, 5) is 16.4. The maximum absolute atomic E-state index is 12.9. The first-order valence-electron chi connectivity index (χ1n) is 7.27. The van der Waals surface area contributed by atoms with Crippen LogP contribution in [0.1, 0.15) is 41.2 Å². The molecule has 4 nitrogen and oxygen atoms in total. The van der Waals surface area contributed by atoms with Gasteiger partial charge in [0.15, 0.2) is 0 Å². The van der Waals surface area contributed by atoms with Gasteiger partial charge in [-0.05, 0) is 55.7 Å². The molecule has 1 saturated carbocycles. The van der Waals surface area contributed by atoms with Gasteiger partial charge >= 0.3 is 0 Å². The molecule has 1 heterocycles. The molecule has 1 fully saturated rings. The lowest BCUT2D eigenvalue weighted by atomic mass is 10.0. The Morgan fingerprint density at radius 3 is 2.77 bits per heavy atom. The van der Waals surface area contributed by atoms with E-state index in [0.29, 0.717) is 5.56 Å². The number of carbonyl (C=O) groups excluding carboxylic acids is 1. The Bertz CT molecular complexity index is 683. The first kappa shape index (κ1) is 14.4. The molecule has 3 rings (SSSR count). The number of nitrogens with one attached hydrogen (secondary N) is 1. The predicted molar refractivity (Wildman–Crippen MR) is 82.1 cm³/mol. The standard InChI is InChI=1S/C17H16FN3O/c18-13-9-7-12(8-10-13)17(22)21-20-16-6-3-4-14(16)15-5-1-2-11-19-15/h1-2,5,7-11,14H,3-4,6H2,(H,21,22). The summed E-state index contributed by atoms with van der Waals surface area (Å²) in [6, 6.07) is 11.2. The summed E-state index contributed by atoms with van der Waals surface area (Å²) in [6.45, 7) is 0. The smallest absolute Gasteiger partial charge is 0.267 e. The van der Waals surface area contributed by atoms with E-state index in [1.807, 2.05) is 18.2 Å². The zero-order valence-electron chi connectivity index (χ0n) is 12.0. The van der Waals surface area contributed by atoms with Crippen LogP contribution < -0.4 is 5.43 Å². The zero-order valence-corrected chi connectivity index (χ0v) is 12.0. The normalized spacial score (nSPS) is 19.3. The van der Waals surface area contributed by atoms with Gasteiger partial charge in [-0.2, -0.15) is 5.10 Å². The van der Waals surface area contributed by atoms with Crippen molar-refractivity contribution in [1.29, 1.82) is 0 Å². The molecule has 0 aliphatic heterocycles. The first-order chi connectivity index (χ1) is 10.7. The maximum Gasteiger partial charge on any atom is 0.271 e. The van der Waals surface area contributed by atoms with Crippen LogP contribution in [0.4, 0.5) is 4.39 Å². The van der Waals surface area contributed by atoms with Crippen molar-refractivity contribution in [2.75, 3.05) is 0 Å². The highest BCUT2D eigenvalue weighted by molar-refractivity contribution is 5.97. The van der Waals surface area contributed by atoms with Gasteiger partial charge in [0.2, 0.25) is 0 Å². The van der Waals surface area contributed by atoms with Crippen molar-refractivity contribution in [1.82, 2.24) is 10.4 Å². The molecular weight excluding hydrogens is 281 g/mol. The van der Waals surface area contributed by atoms with E-state index >= 15 is 0 Å². The number of hydrazone groups is 1. The summed E-state index contributed by atoms with van der Waals surface area (Å²) >= 11 is 0. The van der Waals surface area contributed by atoms with Crippen molar-refractivity contribution in [2.24, 2.45) is 5.10 Å². The second-order valence-corrected chi connectivity index (χ2v) is 5.25. The van der Waals surface area contributed by atoms with Crippen molar-refractivity contribution < 1.29 is 9.18 Å². The molecule has 0 saturated heterocycles. The van der Waals surface area contributed by atoms with E-state index in [-0.39, 0.29) is 17.6 Å². The Kier molecular flexibility index (Phi) is 4.23. The average Bonchev–Trinajstić information content (AvgIpc) is 3.02. The molecule has 1 aliphatic rings. The lowest BCUT2D eigenvalue weighted by Crippen LogP contribution is -2.20. The number of nitrogens with zero attached hydrogens (tertiary/aromatic N) is 2. The summed E-state index contributed by atoms with van der Waals surface area (Å²) in [6.07, 6.45) is 4.64. The minimum Gasteiger partial charge on any atom is -0.267 e. The SMILES string of the molecule is O=C(NN=C1CCCC1c1ccccn1)c1ccc(F)cc1. The molecule has 2 aromatic rings. The van der Waals surface area contributed by atoms with Crippen LogP contribution in [0.3, 0.4) is 0 Å². The Balaban J connectivity index is 1.71. The van der Waals surface area contributed by atoms with E-state index in [0.717, 1.165) is 30.7 Å². The molecule has 0 bridgehead atoms. The van der Waals surface area contributed by atoms with Gasteiger partial charge in [-0.25, -0.2) is 9.82 Å². The number of halogens is 1. The van der Waals surface area contributed by atoms with Crippen molar-refractivity contribution in [2.45, 2.75) is 25.2 Å². The van der Waals surface area contributed by atoms with Crippen molar-refractivity contribution in [3.05, 3.63) is 65.7 Å². The minimum atomic E-state index is -0.367. The van der Waals surface area contributed by atoms with Gasteiger partial charge in [-0.15, -0.1) is 0 Å². The molecule has 1 aromatic heterocycles. The van der Waals surface area contributed by atoms with Crippen LogP contribution in [0, 0.1) is 5.82 Å². The summed E-state index contributed by atoms with van der Waals surface area (Å²) in [5.74, 6) is -0.539. The molecule has 1 amide bonds. The number of rotatable bonds is 3. The largest absolute Gasteiger partial charge is 0.271 e. The molecule has 1 aromatic carbocycles. The van der Waals surface area contributed by atoms with E-state index in [1.54, 1.807) is 6.20 Å². The third-order valence-electron chi connectivity index (χ3n) is 3.78. The van der Waals surface area contributed by atoms with E-state index in [1.165, 1.54) is 24.3 Å². The lowest BCUT2D eigenvalue weighted by molar-refractivity contribution is 0.0954. The van der Waals surface area contributed by atoms with E-state index in [2.05, 4.69) is 15.5 Å². The van der Waals surface area contributed by atoms with Crippen LogP contribution in [-0.4, -0.2) is 16.6 Å². The van der Waals surface area contributed by atoms with E-state index in [4.69, 9.17) is 0 Å². The maximum atomic E-state index is 12.9. The fourth-order valence-electron chi connectivity index (χ4n) is 2.65. The third kappa shape index (κ3) is 3.19. The summed E-state index contributed by atoms with van der Waals surface area (Å²) in [7, 11) is 0. The number of hydrogen-bond donors (Lipinski definition) is 1. The molecule has 112 valence electrons. The van der Waals surface area contributed by atoms with Crippen molar-refractivity contribution >= 4 is 11.6 Å². The van der Waals surface area contributed by atoms with Gasteiger partial charge in [0.25, 0.3) is 5.91 Å². The minimum absolute atomic E-state index is 0.162. The summed E-state index contributed by atoms with van der Waals surface area (Å²) in [5, 5.41) is 4.26. The molecular formula is C17H16FN3O. The van der Waals surface area contributed by atoms with Crippen molar-refractivity contribution in [3.63, 3.8) is 0 Å². The molecule has 1 N–H and O–H groups in total. The lowest BCUT2D eigenvalue weighted by Gasteiger charge is -2.10. The van der Waals surface area contributed by atoms with Crippen LogP contribution in [0.5, 0.6) is 0 Å². The highest BCUT2D eigenvalue weighted by Gasteiger charge is 2.25. The monoisotopic (exact) mass is 297 g/mol. The quantitative estimate of drug-likeness (QED) is 0.884. The van der Waals surface area contributed by atoms with Gasteiger partial charge < -0.3 is 0 Å². The van der Waals surface area contributed by atoms with Gasteiger partial charge in [-0.1, -0.05) is 6.07 Å². The van der Waals surface area contributed by atoms with Crippen molar-refractivity contribution in [3.8, 4) is 0 Å². The Morgan fingerprint density at radius 1 is 1.23 bits per heavy atom. The average molecular weight is 297 g/mol. The summed E-state index contributed by atoms with van der Waals surface area (Å²) < 4.78 is 12.9. The number of hydrogen-bond acceptors (Lipinski definition) is 3. The topological polar surface area (TPSA) is 54.4 Å². The highest BCUT2D eigenvalue weighted by atomic mass is 19.1. The molecule has 1 aliphatic carbocycles. The zero-order chi connectivity index (χ0) is 15.4. The van der Waals surface area contributed by atoms with Crippen LogP contribution in [0.25, 0.3) is 0 Å².